The van der Waals surface area contributed by atoms with Gasteiger partial charge in [-0.05, 0) is 38.8 Å². The molecule has 1 saturated heterocycles. The number of hydrogen-bond acceptors (Lipinski definition) is 2. The first-order valence-corrected chi connectivity index (χ1v) is 5.13. The highest BCUT2D eigenvalue weighted by atomic mass is 16.4. The van der Waals surface area contributed by atoms with Crippen LogP contribution in [0.5, 0.6) is 0 Å². The minimum atomic E-state index is -0.579. The van der Waals surface area contributed by atoms with Gasteiger partial charge in [-0.1, -0.05) is 6.42 Å². The van der Waals surface area contributed by atoms with Crippen LogP contribution >= 0.6 is 0 Å². The van der Waals surface area contributed by atoms with E-state index in [-0.39, 0.29) is 5.92 Å². The van der Waals surface area contributed by atoms with Gasteiger partial charge in [-0.15, -0.1) is 0 Å². The first kappa shape index (κ1) is 9.00. The maximum atomic E-state index is 11.0. The lowest BCUT2D eigenvalue weighted by Gasteiger charge is -2.33. The van der Waals surface area contributed by atoms with Gasteiger partial charge in [0.25, 0.3) is 0 Å². The number of carboxylic acids is 1. The Hall–Kier alpha value is -0.570. The molecule has 13 heavy (non-hydrogen) atoms. The first-order chi connectivity index (χ1) is 6.20. The second-order valence-corrected chi connectivity index (χ2v) is 4.38. The quantitative estimate of drug-likeness (QED) is 0.664. The molecule has 3 heteroatoms. The van der Waals surface area contributed by atoms with E-state index in [1.54, 1.807) is 0 Å². The highest BCUT2D eigenvalue weighted by Crippen LogP contribution is 2.39. The van der Waals surface area contributed by atoms with E-state index in [1.807, 2.05) is 0 Å². The number of carbonyl (C=O) groups is 1. The largest absolute Gasteiger partial charge is 0.481 e. The fourth-order valence-electron chi connectivity index (χ4n) is 3.01. The van der Waals surface area contributed by atoms with Gasteiger partial charge in [0.05, 0.1) is 5.92 Å². The molecule has 1 aliphatic carbocycles. The Bertz CT molecular complexity index is 217. The summed E-state index contributed by atoms with van der Waals surface area (Å²) in [5, 5.41) is 9.05. The van der Waals surface area contributed by atoms with Gasteiger partial charge in [0.2, 0.25) is 0 Å². The number of nitrogens with zero attached hydrogens (tertiary/aromatic N) is 1. The monoisotopic (exact) mass is 183 g/mol. The molecule has 1 N–H and O–H groups in total. The van der Waals surface area contributed by atoms with Crippen LogP contribution in [0.3, 0.4) is 0 Å². The zero-order valence-electron chi connectivity index (χ0n) is 8.07. The highest BCUT2D eigenvalue weighted by Gasteiger charge is 2.42. The minimum absolute atomic E-state index is 0.0660. The lowest BCUT2D eigenvalue weighted by Crippen LogP contribution is -2.38. The molecular formula is C10H17NO2. The lowest BCUT2D eigenvalue weighted by molar-refractivity contribution is -0.145. The first-order valence-electron chi connectivity index (χ1n) is 5.13. The minimum Gasteiger partial charge on any atom is -0.481 e. The van der Waals surface area contributed by atoms with Gasteiger partial charge in [-0.2, -0.15) is 0 Å². The molecule has 0 aromatic heterocycles. The number of likely N-dealkylation sites (tertiary alicyclic amines) is 1. The Morgan fingerprint density at radius 3 is 2.85 bits per heavy atom. The SMILES string of the molecule is CN1CCC2C(C(=O)O)CCCC21. The van der Waals surface area contributed by atoms with E-state index in [4.69, 9.17) is 5.11 Å². The van der Waals surface area contributed by atoms with E-state index >= 15 is 0 Å². The molecule has 3 unspecified atom stereocenters. The van der Waals surface area contributed by atoms with Crippen molar-refractivity contribution in [3.63, 3.8) is 0 Å². The molecule has 0 aromatic carbocycles. The molecule has 0 bridgehead atoms. The molecule has 2 fully saturated rings. The number of fused-ring (bicyclic) bond motifs is 1. The average Bonchev–Trinajstić information content (AvgIpc) is 2.48. The van der Waals surface area contributed by atoms with Gasteiger partial charge in [-0.25, -0.2) is 0 Å². The van der Waals surface area contributed by atoms with Crippen LogP contribution in [-0.2, 0) is 4.79 Å². The van der Waals surface area contributed by atoms with Crippen LogP contribution in [0.15, 0.2) is 0 Å². The van der Waals surface area contributed by atoms with E-state index in [0.29, 0.717) is 12.0 Å². The summed E-state index contributed by atoms with van der Waals surface area (Å²) in [6.45, 7) is 1.08. The Morgan fingerprint density at radius 1 is 1.38 bits per heavy atom. The average molecular weight is 183 g/mol. The molecule has 0 radical (unpaired) electrons. The molecule has 1 saturated carbocycles. The standard InChI is InChI=1S/C10H17NO2/c1-11-6-5-7-8(10(12)13)3-2-4-9(7)11/h7-9H,2-6H2,1H3,(H,12,13). The van der Waals surface area contributed by atoms with E-state index in [9.17, 15) is 4.79 Å². The van der Waals surface area contributed by atoms with Crippen LogP contribution in [-0.4, -0.2) is 35.6 Å². The van der Waals surface area contributed by atoms with Crippen LogP contribution in [0.4, 0.5) is 0 Å². The van der Waals surface area contributed by atoms with Gasteiger partial charge >= 0.3 is 5.97 Å². The van der Waals surface area contributed by atoms with Gasteiger partial charge in [0.15, 0.2) is 0 Å². The maximum absolute atomic E-state index is 11.0. The van der Waals surface area contributed by atoms with Gasteiger partial charge in [0.1, 0.15) is 0 Å². The van der Waals surface area contributed by atoms with E-state index in [0.717, 1.165) is 25.8 Å². The van der Waals surface area contributed by atoms with Crippen LogP contribution in [0.2, 0.25) is 0 Å². The predicted molar refractivity (Wildman–Crippen MR) is 49.5 cm³/mol. The van der Waals surface area contributed by atoms with E-state index in [1.165, 1.54) is 6.42 Å². The van der Waals surface area contributed by atoms with Gasteiger partial charge in [-0.3, -0.25) is 4.79 Å². The van der Waals surface area contributed by atoms with Crippen molar-refractivity contribution in [3.8, 4) is 0 Å². The van der Waals surface area contributed by atoms with Crippen molar-refractivity contribution in [2.45, 2.75) is 31.7 Å². The second kappa shape index (κ2) is 3.29. The van der Waals surface area contributed by atoms with E-state index in [2.05, 4.69) is 11.9 Å². The second-order valence-electron chi connectivity index (χ2n) is 4.38. The third-order valence-electron chi connectivity index (χ3n) is 3.72. The summed E-state index contributed by atoms with van der Waals surface area (Å²) in [7, 11) is 2.12. The van der Waals surface area contributed by atoms with Crippen LogP contribution in [0.1, 0.15) is 25.7 Å². The summed E-state index contributed by atoms with van der Waals surface area (Å²) in [6, 6.07) is 0.551. The molecule has 0 spiro atoms. The maximum Gasteiger partial charge on any atom is 0.306 e. The topological polar surface area (TPSA) is 40.5 Å². The van der Waals surface area contributed by atoms with Crippen molar-refractivity contribution in [3.05, 3.63) is 0 Å². The van der Waals surface area contributed by atoms with Crippen molar-refractivity contribution < 1.29 is 9.90 Å². The smallest absolute Gasteiger partial charge is 0.306 e. The molecule has 3 nitrogen and oxygen atoms in total. The number of aliphatic carboxylic acids is 1. The van der Waals surface area contributed by atoms with Crippen molar-refractivity contribution in [2.75, 3.05) is 13.6 Å². The molecule has 1 heterocycles. The summed E-state index contributed by atoms with van der Waals surface area (Å²) >= 11 is 0. The van der Waals surface area contributed by atoms with Crippen molar-refractivity contribution >= 4 is 5.97 Å². The molecule has 0 amide bonds. The number of rotatable bonds is 1. The molecule has 1 aliphatic heterocycles. The Morgan fingerprint density at radius 2 is 2.15 bits per heavy atom. The zero-order chi connectivity index (χ0) is 9.42. The molecular weight excluding hydrogens is 166 g/mol. The van der Waals surface area contributed by atoms with Gasteiger partial charge < -0.3 is 10.0 Å². The summed E-state index contributed by atoms with van der Waals surface area (Å²) in [5.41, 5.74) is 0. The third-order valence-corrected chi connectivity index (χ3v) is 3.72. The summed E-state index contributed by atoms with van der Waals surface area (Å²) in [6.07, 6.45) is 4.26. The predicted octanol–water partition coefficient (Wildman–Crippen LogP) is 1.19. The van der Waals surface area contributed by atoms with Crippen molar-refractivity contribution in [2.24, 2.45) is 11.8 Å². The normalized spacial score (nSPS) is 40.2. The molecule has 2 aliphatic rings. The molecule has 74 valence electrons. The van der Waals surface area contributed by atoms with Crippen molar-refractivity contribution in [1.29, 1.82) is 0 Å². The summed E-state index contributed by atoms with van der Waals surface area (Å²) in [4.78, 5) is 13.3. The summed E-state index contributed by atoms with van der Waals surface area (Å²) in [5.74, 6) is -0.218. The Balaban J connectivity index is 2.11. The molecule has 0 aromatic rings. The van der Waals surface area contributed by atoms with Crippen LogP contribution in [0, 0.1) is 11.8 Å². The lowest BCUT2D eigenvalue weighted by atomic mass is 9.76. The zero-order valence-corrected chi connectivity index (χ0v) is 8.07. The Labute approximate surface area is 78.7 Å². The van der Waals surface area contributed by atoms with E-state index < -0.39 is 5.97 Å². The Kier molecular flexibility index (Phi) is 2.28. The fraction of sp³-hybridized carbons (Fsp3) is 0.900. The van der Waals surface area contributed by atoms with Crippen LogP contribution in [0.25, 0.3) is 0 Å². The molecule has 2 rings (SSSR count). The van der Waals surface area contributed by atoms with Gasteiger partial charge in [0, 0.05) is 6.04 Å². The highest BCUT2D eigenvalue weighted by molar-refractivity contribution is 5.70. The number of hydrogen-bond donors (Lipinski definition) is 1. The fourth-order valence-corrected chi connectivity index (χ4v) is 3.01. The molecule has 3 atom stereocenters. The van der Waals surface area contributed by atoms with Crippen molar-refractivity contribution in [1.82, 2.24) is 4.90 Å². The summed E-state index contributed by atoms with van der Waals surface area (Å²) < 4.78 is 0. The third kappa shape index (κ3) is 1.46. The number of carboxylic acid groups (broad SMARTS) is 1. The van der Waals surface area contributed by atoms with Crippen LogP contribution < -0.4 is 0 Å².